The molecule has 0 saturated heterocycles. The van der Waals surface area contributed by atoms with E-state index < -0.39 is 10.0 Å². The summed E-state index contributed by atoms with van der Waals surface area (Å²) >= 11 is 2.85. The molecule has 1 aromatic heterocycles. The SMILES string of the molecule is CS(=O)(=O)N1CCCc2cc(C(=O)CSc3nnc(NC4CC4)s3)ccc21. The Morgan fingerprint density at radius 2 is 2.19 bits per heavy atom. The standard InChI is InChI=1S/C17H20N4O3S3/c1-27(23,24)21-8-2-3-11-9-12(4-7-14(11)21)15(22)10-25-17-20-19-16(26-17)18-13-5-6-13/h4,7,9,13H,2-3,5-6,8,10H2,1H3,(H,18,19). The summed E-state index contributed by atoms with van der Waals surface area (Å²) in [6.45, 7) is 0.489. The first kappa shape index (κ1) is 18.7. The summed E-state index contributed by atoms with van der Waals surface area (Å²) < 4.78 is 26.1. The maximum absolute atomic E-state index is 12.6. The van der Waals surface area contributed by atoms with Crippen LogP contribution in [0.5, 0.6) is 0 Å². The summed E-state index contributed by atoms with van der Waals surface area (Å²) in [5.74, 6) is 0.290. The third-order valence-corrected chi connectivity index (χ3v) is 7.68. The van der Waals surface area contributed by atoms with E-state index in [1.807, 2.05) is 6.07 Å². The number of anilines is 2. The Balaban J connectivity index is 1.42. The van der Waals surface area contributed by atoms with Crippen LogP contribution in [0.25, 0.3) is 0 Å². The number of benzene rings is 1. The van der Waals surface area contributed by atoms with Crippen LogP contribution < -0.4 is 9.62 Å². The zero-order valence-electron chi connectivity index (χ0n) is 14.8. The maximum Gasteiger partial charge on any atom is 0.232 e. The van der Waals surface area contributed by atoms with Gasteiger partial charge in [-0.3, -0.25) is 9.10 Å². The van der Waals surface area contributed by atoms with E-state index in [0.717, 1.165) is 27.9 Å². The zero-order valence-corrected chi connectivity index (χ0v) is 17.3. The minimum Gasteiger partial charge on any atom is -0.357 e. The monoisotopic (exact) mass is 424 g/mol. The first-order chi connectivity index (χ1) is 12.9. The second-order valence-electron chi connectivity index (χ2n) is 6.79. The van der Waals surface area contributed by atoms with Crippen LogP contribution in [0.2, 0.25) is 0 Å². The minimum atomic E-state index is -3.30. The highest BCUT2D eigenvalue weighted by Gasteiger charge is 2.25. The molecule has 1 N–H and O–H groups in total. The Morgan fingerprint density at radius 3 is 2.93 bits per heavy atom. The molecular weight excluding hydrogens is 404 g/mol. The number of rotatable bonds is 7. The normalized spacial score (nSPS) is 16.9. The second-order valence-corrected chi connectivity index (χ2v) is 10.9. The van der Waals surface area contributed by atoms with Gasteiger partial charge in [0.1, 0.15) is 0 Å². The molecule has 7 nitrogen and oxygen atoms in total. The van der Waals surface area contributed by atoms with Crippen molar-refractivity contribution in [1.82, 2.24) is 10.2 Å². The van der Waals surface area contributed by atoms with Gasteiger partial charge >= 0.3 is 0 Å². The highest BCUT2D eigenvalue weighted by molar-refractivity contribution is 8.01. The third-order valence-electron chi connectivity index (χ3n) is 4.52. The fourth-order valence-corrected chi connectivity index (χ4v) is 5.74. The lowest BCUT2D eigenvalue weighted by Crippen LogP contribution is -2.34. The number of thioether (sulfide) groups is 1. The number of nitrogens with zero attached hydrogens (tertiary/aromatic N) is 3. The number of Topliss-reactive ketones (excluding diaryl/α,β-unsaturated/α-hetero) is 1. The summed E-state index contributed by atoms with van der Waals surface area (Å²) in [6.07, 6.45) is 5.10. The van der Waals surface area contributed by atoms with E-state index in [4.69, 9.17) is 0 Å². The van der Waals surface area contributed by atoms with Crippen LogP contribution >= 0.6 is 23.1 Å². The number of ketones is 1. The van der Waals surface area contributed by atoms with Crippen LogP contribution in [0.3, 0.4) is 0 Å². The fourth-order valence-electron chi connectivity index (χ4n) is 3.02. The van der Waals surface area contributed by atoms with Crippen molar-refractivity contribution >= 4 is 49.7 Å². The third kappa shape index (κ3) is 4.44. The fraction of sp³-hybridized carbons (Fsp3) is 0.471. The number of carbonyl (C=O) groups is 1. The van der Waals surface area contributed by atoms with Gasteiger partial charge in [0.15, 0.2) is 10.1 Å². The molecule has 1 aliphatic carbocycles. The van der Waals surface area contributed by atoms with Crippen molar-refractivity contribution in [2.24, 2.45) is 0 Å². The van der Waals surface area contributed by atoms with Crippen molar-refractivity contribution < 1.29 is 13.2 Å². The molecule has 1 fully saturated rings. The number of fused-ring (bicyclic) bond motifs is 1. The molecule has 0 bridgehead atoms. The molecule has 4 rings (SSSR count). The Bertz CT molecular complexity index is 970. The lowest BCUT2D eigenvalue weighted by Gasteiger charge is -2.29. The molecule has 2 aromatic rings. The Hall–Kier alpha value is -1.65. The first-order valence-corrected chi connectivity index (χ1v) is 12.4. The van der Waals surface area contributed by atoms with Crippen molar-refractivity contribution in [1.29, 1.82) is 0 Å². The number of hydrogen-bond donors (Lipinski definition) is 1. The molecule has 1 aromatic carbocycles. The predicted octanol–water partition coefficient (Wildman–Crippen LogP) is 2.80. The lowest BCUT2D eigenvalue weighted by molar-refractivity contribution is 0.102. The molecule has 27 heavy (non-hydrogen) atoms. The molecule has 144 valence electrons. The van der Waals surface area contributed by atoms with Gasteiger partial charge in [-0.25, -0.2) is 8.42 Å². The van der Waals surface area contributed by atoms with Crippen LogP contribution in [0.4, 0.5) is 10.8 Å². The number of aromatic nitrogens is 2. The molecule has 1 aliphatic heterocycles. The van der Waals surface area contributed by atoms with Crippen LogP contribution in [0, 0.1) is 0 Å². The van der Waals surface area contributed by atoms with E-state index in [2.05, 4.69) is 15.5 Å². The van der Waals surface area contributed by atoms with E-state index in [9.17, 15) is 13.2 Å². The van der Waals surface area contributed by atoms with Gasteiger partial charge < -0.3 is 5.32 Å². The Morgan fingerprint density at radius 1 is 1.37 bits per heavy atom. The van der Waals surface area contributed by atoms with E-state index >= 15 is 0 Å². The predicted molar refractivity (Wildman–Crippen MR) is 109 cm³/mol. The molecule has 0 atom stereocenters. The van der Waals surface area contributed by atoms with Crippen molar-refractivity contribution in [2.75, 3.05) is 28.2 Å². The van der Waals surface area contributed by atoms with Crippen molar-refractivity contribution in [3.63, 3.8) is 0 Å². The smallest absolute Gasteiger partial charge is 0.232 e. The zero-order chi connectivity index (χ0) is 19.0. The van der Waals surface area contributed by atoms with Gasteiger partial charge in [0.05, 0.1) is 17.7 Å². The van der Waals surface area contributed by atoms with E-state index in [-0.39, 0.29) is 11.5 Å². The average Bonchev–Trinajstić information content (AvgIpc) is 3.34. The van der Waals surface area contributed by atoms with Gasteiger partial charge in [0.2, 0.25) is 15.2 Å². The van der Waals surface area contributed by atoms with Gasteiger partial charge in [0, 0.05) is 18.2 Å². The first-order valence-electron chi connectivity index (χ1n) is 8.77. The molecule has 0 amide bonds. The molecule has 0 spiro atoms. The summed E-state index contributed by atoms with van der Waals surface area (Å²) in [5, 5.41) is 12.3. The van der Waals surface area contributed by atoms with E-state index in [1.165, 1.54) is 46.5 Å². The van der Waals surface area contributed by atoms with Gasteiger partial charge in [-0.05, 0) is 49.4 Å². The average molecular weight is 425 g/mol. The summed E-state index contributed by atoms with van der Waals surface area (Å²) in [4.78, 5) is 12.6. The number of sulfonamides is 1. The second kappa shape index (κ2) is 7.40. The van der Waals surface area contributed by atoms with E-state index in [0.29, 0.717) is 23.8 Å². The molecule has 0 unspecified atom stereocenters. The Kier molecular flexibility index (Phi) is 5.13. The number of aryl methyl sites for hydroxylation is 1. The van der Waals surface area contributed by atoms with Crippen LogP contribution in [0.15, 0.2) is 22.5 Å². The van der Waals surface area contributed by atoms with Crippen molar-refractivity contribution in [3.8, 4) is 0 Å². The summed E-state index contributed by atoms with van der Waals surface area (Å²) in [6, 6.07) is 5.82. The molecular formula is C17H20N4O3S3. The molecule has 1 saturated carbocycles. The van der Waals surface area contributed by atoms with Gasteiger partial charge in [-0.2, -0.15) is 0 Å². The van der Waals surface area contributed by atoms with Crippen molar-refractivity contribution in [2.45, 2.75) is 36.1 Å². The molecule has 2 heterocycles. The van der Waals surface area contributed by atoms with Crippen LogP contribution in [-0.2, 0) is 16.4 Å². The maximum atomic E-state index is 12.6. The number of hydrogen-bond acceptors (Lipinski definition) is 8. The molecule has 10 heteroatoms. The van der Waals surface area contributed by atoms with Gasteiger partial charge in [-0.15, -0.1) is 10.2 Å². The highest BCUT2D eigenvalue weighted by atomic mass is 32.2. The largest absolute Gasteiger partial charge is 0.357 e. The van der Waals surface area contributed by atoms with Crippen molar-refractivity contribution in [3.05, 3.63) is 29.3 Å². The van der Waals surface area contributed by atoms with Crippen LogP contribution in [-0.4, -0.2) is 49.0 Å². The quantitative estimate of drug-likeness (QED) is 0.540. The van der Waals surface area contributed by atoms with Crippen LogP contribution in [0.1, 0.15) is 35.2 Å². The molecule has 2 aliphatic rings. The number of nitrogens with one attached hydrogen (secondary N) is 1. The highest BCUT2D eigenvalue weighted by Crippen LogP contribution is 2.32. The summed E-state index contributed by atoms with van der Waals surface area (Å²) in [7, 11) is -3.30. The molecule has 0 radical (unpaired) electrons. The van der Waals surface area contributed by atoms with Gasteiger partial charge in [0.25, 0.3) is 0 Å². The van der Waals surface area contributed by atoms with E-state index in [1.54, 1.807) is 12.1 Å². The van der Waals surface area contributed by atoms with Gasteiger partial charge in [-0.1, -0.05) is 23.1 Å². The minimum absolute atomic E-state index is 0.00572. The Labute approximate surface area is 166 Å². The lowest BCUT2D eigenvalue weighted by atomic mass is 9.99. The summed E-state index contributed by atoms with van der Waals surface area (Å²) in [5.41, 5.74) is 2.21. The number of carbonyl (C=O) groups excluding carboxylic acids is 1. The topological polar surface area (TPSA) is 92.3 Å².